The van der Waals surface area contributed by atoms with E-state index in [4.69, 9.17) is 8.83 Å². The van der Waals surface area contributed by atoms with Gasteiger partial charge in [-0.2, -0.15) is 0 Å². The lowest BCUT2D eigenvalue weighted by Gasteiger charge is -2.05. The molecule has 0 atom stereocenters. The molecular formula is C21H18N2O3S. The van der Waals surface area contributed by atoms with E-state index < -0.39 is 0 Å². The van der Waals surface area contributed by atoms with Gasteiger partial charge in [-0.05, 0) is 42.7 Å². The monoisotopic (exact) mass is 378 g/mol. The van der Waals surface area contributed by atoms with Gasteiger partial charge in [0.05, 0.1) is 0 Å². The number of hydrogen-bond donors (Lipinski definition) is 0. The van der Waals surface area contributed by atoms with Gasteiger partial charge < -0.3 is 8.83 Å². The maximum absolute atomic E-state index is 11.9. The number of benzene rings is 2. The molecule has 0 aliphatic rings. The van der Waals surface area contributed by atoms with Crippen molar-refractivity contribution in [2.45, 2.75) is 31.2 Å². The largest absolute Gasteiger partial charge is 0.423 e. The quantitative estimate of drug-likeness (QED) is 0.359. The van der Waals surface area contributed by atoms with Crippen molar-refractivity contribution in [3.8, 4) is 11.5 Å². The van der Waals surface area contributed by atoms with Crippen molar-refractivity contribution in [2.75, 3.05) is 0 Å². The van der Waals surface area contributed by atoms with Crippen molar-refractivity contribution >= 4 is 22.7 Å². The van der Waals surface area contributed by atoms with Crippen LogP contribution in [0.15, 0.2) is 67.4 Å². The molecule has 0 saturated carbocycles. The Kier molecular flexibility index (Phi) is 4.81. The van der Waals surface area contributed by atoms with Gasteiger partial charge in [-0.25, -0.2) is 4.79 Å². The van der Waals surface area contributed by atoms with Gasteiger partial charge in [-0.15, -0.1) is 10.2 Å². The van der Waals surface area contributed by atoms with Crippen LogP contribution >= 0.6 is 11.8 Å². The predicted molar refractivity (Wildman–Crippen MR) is 106 cm³/mol. The summed E-state index contributed by atoms with van der Waals surface area (Å²) in [4.78, 5) is 11.9. The summed E-state index contributed by atoms with van der Waals surface area (Å²) >= 11 is 1.41. The number of aryl methyl sites for hydroxylation is 2. The summed E-state index contributed by atoms with van der Waals surface area (Å²) in [6.45, 7) is 4.09. The van der Waals surface area contributed by atoms with Crippen molar-refractivity contribution in [3.05, 3.63) is 75.6 Å². The first-order chi connectivity index (χ1) is 13.1. The Morgan fingerprint density at radius 1 is 1.04 bits per heavy atom. The lowest BCUT2D eigenvalue weighted by molar-refractivity contribution is 0.466. The fraction of sp³-hybridized carbons (Fsp3) is 0.190. The highest BCUT2D eigenvalue weighted by atomic mass is 32.2. The van der Waals surface area contributed by atoms with Crippen molar-refractivity contribution < 1.29 is 8.83 Å². The van der Waals surface area contributed by atoms with Crippen molar-refractivity contribution in [1.29, 1.82) is 0 Å². The van der Waals surface area contributed by atoms with Crippen LogP contribution in [0.3, 0.4) is 0 Å². The fourth-order valence-corrected chi connectivity index (χ4v) is 3.67. The van der Waals surface area contributed by atoms with Crippen LogP contribution in [0.4, 0.5) is 0 Å². The molecule has 0 saturated heterocycles. The van der Waals surface area contributed by atoms with Gasteiger partial charge in [0.1, 0.15) is 5.58 Å². The van der Waals surface area contributed by atoms with E-state index in [2.05, 4.69) is 23.2 Å². The van der Waals surface area contributed by atoms with E-state index in [1.165, 1.54) is 17.8 Å². The van der Waals surface area contributed by atoms with Gasteiger partial charge >= 0.3 is 5.63 Å². The molecule has 5 nitrogen and oxygen atoms in total. The molecule has 0 unspecified atom stereocenters. The second-order valence-corrected chi connectivity index (χ2v) is 7.23. The van der Waals surface area contributed by atoms with Gasteiger partial charge in [0.25, 0.3) is 5.22 Å². The third-order valence-corrected chi connectivity index (χ3v) is 5.19. The number of nitrogens with zero attached hydrogens (tertiary/aromatic N) is 2. The molecule has 0 amide bonds. The van der Waals surface area contributed by atoms with Crippen LogP contribution in [0.25, 0.3) is 22.4 Å². The minimum absolute atomic E-state index is 0.350. The molecule has 2 aromatic carbocycles. The molecular weight excluding hydrogens is 360 g/mol. The van der Waals surface area contributed by atoms with E-state index in [9.17, 15) is 4.79 Å². The average Bonchev–Trinajstić information content (AvgIpc) is 3.14. The summed E-state index contributed by atoms with van der Waals surface area (Å²) in [6, 6.07) is 15.4. The molecule has 0 bridgehead atoms. The third-order valence-electron chi connectivity index (χ3n) is 4.33. The first kappa shape index (κ1) is 17.5. The molecule has 2 aromatic heterocycles. The topological polar surface area (TPSA) is 69.1 Å². The van der Waals surface area contributed by atoms with Crippen LogP contribution in [-0.4, -0.2) is 10.2 Å². The van der Waals surface area contributed by atoms with E-state index in [-0.39, 0.29) is 5.63 Å². The number of fused-ring (bicyclic) bond motifs is 1. The van der Waals surface area contributed by atoms with Crippen LogP contribution in [0.1, 0.15) is 23.6 Å². The SMILES string of the molecule is CCc1ccc2c(CSc3nnc(-c4cccc(C)c4)o3)cc(=O)oc2c1. The second-order valence-electron chi connectivity index (χ2n) is 6.31. The summed E-state index contributed by atoms with van der Waals surface area (Å²) in [5, 5.41) is 9.64. The van der Waals surface area contributed by atoms with Gasteiger partial charge in [0, 0.05) is 22.8 Å². The Morgan fingerprint density at radius 3 is 2.74 bits per heavy atom. The molecule has 136 valence electrons. The van der Waals surface area contributed by atoms with Crippen LogP contribution < -0.4 is 5.63 Å². The van der Waals surface area contributed by atoms with Crippen molar-refractivity contribution in [1.82, 2.24) is 10.2 Å². The van der Waals surface area contributed by atoms with Gasteiger partial charge in [-0.1, -0.05) is 48.5 Å². The highest BCUT2D eigenvalue weighted by Crippen LogP contribution is 2.28. The van der Waals surface area contributed by atoms with Crippen LogP contribution in [0.5, 0.6) is 0 Å². The molecule has 0 aliphatic carbocycles. The van der Waals surface area contributed by atoms with Crippen LogP contribution in [0.2, 0.25) is 0 Å². The molecule has 0 aliphatic heterocycles. The van der Waals surface area contributed by atoms with Crippen LogP contribution in [-0.2, 0) is 12.2 Å². The molecule has 0 N–H and O–H groups in total. The van der Waals surface area contributed by atoms with E-state index in [1.54, 1.807) is 0 Å². The van der Waals surface area contributed by atoms with Gasteiger partial charge in [0.15, 0.2) is 0 Å². The Bertz CT molecular complexity index is 1160. The zero-order valence-electron chi connectivity index (χ0n) is 15.1. The highest BCUT2D eigenvalue weighted by Gasteiger charge is 2.12. The summed E-state index contributed by atoms with van der Waals surface area (Å²) < 4.78 is 11.1. The molecule has 6 heteroatoms. The zero-order chi connectivity index (χ0) is 18.8. The lowest BCUT2D eigenvalue weighted by Crippen LogP contribution is -2.00. The molecule has 27 heavy (non-hydrogen) atoms. The Labute approximate surface area is 160 Å². The first-order valence-electron chi connectivity index (χ1n) is 8.71. The molecule has 0 spiro atoms. The molecule has 4 aromatic rings. The number of rotatable bonds is 5. The fourth-order valence-electron chi connectivity index (χ4n) is 2.92. The minimum atomic E-state index is -0.350. The van der Waals surface area contributed by atoms with Crippen molar-refractivity contribution in [2.24, 2.45) is 0 Å². The van der Waals surface area contributed by atoms with Crippen LogP contribution in [0, 0.1) is 6.92 Å². The number of hydrogen-bond acceptors (Lipinski definition) is 6. The standard InChI is InChI=1S/C21H18N2O3S/c1-3-14-7-8-17-16(11-19(24)25-18(17)10-14)12-27-21-23-22-20(26-21)15-6-4-5-13(2)9-15/h4-11H,3,12H2,1-2H3. The number of thioether (sulfide) groups is 1. The summed E-state index contributed by atoms with van der Waals surface area (Å²) in [5.74, 6) is 1.04. The predicted octanol–water partition coefficient (Wildman–Crippen LogP) is 5.01. The van der Waals surface area contributed by atoms with Gasteiger partial charge in [-0.3, -0.25) is 0 Å². The summed E-state index contributed by atoms with van der Waals surface area (Å²) in [7, 11) is 0. The average molecular weight is 378 g/mol. The summed E-state index contributed by atoms with van der Waals surface area (Å²) in [5.41, 5.74) is 4.32. The highest BCUT2D eigenvalue weighted by molar-refractivity contribution is 7.98. The lowest BCUT2D eigenvalue weighted by atomic mass is 10.1. The third kappa shape index (κ3) is 3.80. The zero-order valence-corrected chi connectivity index (χ0v) is 15.9. The first-order valence-corrected chi connectivity index (χ1v) is 9.70. The normalized spacial score (nSPS) is 11.2. The van der Waals surface area contributed by atoms with E-state index in [1.807, 2.05) is 43.3 Å². The second kappa shape index (κ2) is 7.40. The smallest absolute Gasteiger partial charge is 0.336 e. The van der Waals surface area contributed by atoms with E-state index in [0.29, 0.717) is 22.4 Å². The summed E-state index contributed by atoms with van der Waals surface area (Å²) in [6.07, 6.45) is 0.891. The van der Waals surface area contributed by atoms with E-state index in [0.717, 1.165) is 34.1 Å². The molecule has 4 rings (SSSR count). The Balaban J connectivity index is 1.58. The molecule has 2 heterocycles. The maximum Gasteiger partial charge on any atom is 0.336 e. The number of aromatic nitrogens is 2. The minimum Gasteiger partial charge on any atom is -0.423 e. The molecule has 0 radical (unpaired) electrons. The Morgan fingerprint density at radius 2 is 1.93 bits per heavy atom. The Hall–Kier alpha value is -2.86. The van der Waals surface area contributed by atoms with E-state index >= 15 is 0 Å². The van der Waals surface area contributed by atoms with Crippen molar-refractivity contribution in [3.63, 3.8) is 0 Å². The molecule has 0 fully saturated rings. The van der Waals surface area contributed by atoms with Gasteiger partial charge in [0.2, 0.25) is 5.89 Å². The maximum atomic E-state index is 11.9.